The van der Waals surface area contributed by atoms with Crippen LogP contribution < -0.4 is 10.1 Å². The summed E-state index contributed by atoms with van der Waals surface area (Å²) in [6.45, 7) is 7.03. The van der Waals surface area contributed by atoms with Gasteiger partial charge in [-0.05, 0) is 50.2 Å². The molecule has 0 aliphatic carbocycles. The summed E-state index contributed by atoms with van der Waals surface area (Å²) in [7, 11) is 0. The van der Waals surface area contributed by atoms with Crippen molar-refractivity contribution < 1.29 is 9.13 Å². The van der Waals surface area contributed by atoms with Crippen LogP contribution in [0.1, 0.15) is 31.0 Å². The summed E-state index contributed by atoms with van der Waals surface area (Å²) in [4.78, 5) is 0. The van der Waals surface area contributed by atoms with Crippen LogP contribution in [-0.4, -0.2) is 12.6 Å². The number of ether oxygens (including phenoxy) is 1. The molecular formula is C18H22FNO. The Labute approximate surface area is 126 Å². The molecule has 1 N–H and O–H groups in total. The molecule has 0 spiro atoms. The van der Waals surface area contributed by atoms with Gasteiger partial charge in [0.2, 0.25) is 0 Å². The van der Waals surface area contributed by atoms with Gasteiger partial charge in [0, 0.05) is 0 Å². The molecule has 0 aliphatic heterocycles. The number of aryl methyl sites for hydroxylation is 1. The van der Waals surface area contributed by atoms with Gasteiger partial charge in [-0.25, -0.2) is 4.39 Å². The Bertz CT molecular complexity index is 550. The molecule has 112 valence electrons. The van der Waals surface area contributed by atoms with Gasteiger partial charge >= 0.3 is 0 Å². The first-order valence-corrected chi connectivity index (χ1v) is 7.32. The molecule has 0 aliphatic rings. The number of hydrogen-bond donors (Lipinski definition) is 1. The van der Waals surface area contributed by atoms with Gasteiger partial charge in [0.15, 0.2) is 0 Å². The summed E-state index contributed by atoms with van der Waals surface area (Å²) >= 11 is 0. The highest BCUT2D eigenvalue weighted by atomic mass is 19.1. The van der Waals surface area contributed by atoms with E-state index in [0.717, 1.165) is 6.54 Å². The number of rotatable bonds is 6. The van der Waals surface area contributed by atoms with Crippen LogP contribution in [0.3, 0.4) is 0 Å². The average molecular weight is 287 g/mol. The lowest BCUT2D eigenvalue weighted by Crippen LogP contribution is -2.33. The van der Waals surface area contributed by atoms with Gasteiger partial charge in [0.25, 0.3) is 0 Å². The third kappa shape index (κ3) is 4.30. The van der Waals surface area contributed by atoms with Crippen LogP contribution in [-0.2, 0) is 0 Å². The van der Waals surface area contributed by atoms with E-state index in [4.69, 9.17) is 4.74 Å². The smallest absolute Gasteiger partial charge is 0.123 e. The van der Waals surface area contributed by atoms with Crippen LogP contribution in [0.2, 0.25) is 0 Å². The third-order valence-corrected chi connectivity index (χ3v) is 3.47. The van der Waals surface area contributed by atoms with E-state index in [1.807, 2.05) is 6.92 Å². The highest BCUT2D eigenvalue weighted by Gasteiger charge is 2.19. The summed E-state index contributed by atoms with van der Waals surface area (Å²) in [5.41, 5.74) is 2.43. The lowest BCUT2D eigenvalue weighted by Gasteiger charge is -2.26. The molecular weight excluding hydrogens is 265 g/mol. The molecule has 2 atom stereocenters. The second-order valence-electron chi connectivity index (χ2n) is 5.22. The van der Waals surface area contributed by atoms with Crippen molar-refractivity contribution in [2.45, 2.75) is 32.9 Å². The number of benzene rings is 2. The topological polar surface area (TPSA) is 21.3 Å². The monoisotopic (exact) mass is 287 g/mol. The van der Waals surface area contributed by atoms with E-state index in [1.165, 1.54) is 23.3 Å². The summed E-state index contributed by atoms with van der Waals surface area (Å²) in [5.74, 6) is 0.427. The van der Waals surface area contributed by atoms with Crippen LogP contribution in [0.5, 0.6) is 5.75 Å². The molecule has 0 heterocycles. The van der Waals surface area contributed by atoms with Crippen molar-refractivity contribution in [3.05, 3.63) is 65.5 Å². The van der Waals surface area contributed by atoms with Crippen molar-refractivity contribution in [3.63, 3.8) is 0 Å². The van der Waals surface area contributed by atoms with Gasteiger partial charge in [-0.1, -0.05) is 36.8 Å². The van der Waals surface area contributed by atoms with E-state index < -0.39 is 0 Å². The number of likely N-dealkylation sites (N-methyl/N-ethyl adjacent to an activating group) is 1. The Morgan fingerprint density at radius 2 is 1.67 bits per heavy atom. The standard InChI is InChI=1S/C18H22FNO/c1-4-20-18(15-7-5-13(2)6-8-15)14(3)21-17-11-9-16(19)10-12-17/h5-12,14,18,20H,4H2,1-3H3. The van der Waals surface area contributed by atoms with Crippen LogP contribution in [0.4, 0.5) is 4.39 Å². The molecule has 2 rings (SSSR count). The fraction of sp³-hybridized carbons (Fsp3) is 0.333. The molecule has 0 bridgehead atoms. The molecule has 0 radical (unpaired) electrons. The quantitative estimate of drug-likeness (QED) is 0.857. The maximum absolute atomic E-state index is 12.9. The SMILES string of the molecule is CCNC(c1ccc(C)cc1)C(C)Oc1ccc(F)cc1. The van der Waals surface area contributed by atoms with Gasteiger partial charge in [0.1, 0.15) is 17.7 Å². The largest absolute Gasteiger partial charge is 0.489 e. The molecule has 2 unspecified atom stereocenters. The first-order chi connectivity index (χ1) is 10.1. The van der Waals surface area contributed by atoms with Crippen LogP contribution in [0, 0.1) is 12.7 Å². The van der Waals surface area contributed by atoms with Crippen LogP contribution in [0.25, 0.3) is 0 Å². The summed E-state index contributed by atoms with van der Waals surface area (Å²) in [6, 6.07) is 14.7. The minimum absolute atomic E-state index is 0.0573. The Kier molecular flexibility index (Phi) is 5.34. The predicted octanol–water partition coefficient (Wildman–Crippen LogP) is 4.25. The zero-order valence-corrected chi connectivity index (χ0v) is 12.8. The van der Waals surface area contributed by atoms with Crippen molar-refractivity contribution >= 4 is 0 Å². The molecule has 2 aromatic rings. The Morgan fingerprint density at radius 1 is 1.05 bits per heavy atom. The molecule has 2 aromatic carbocycles. The molecule has 21 heavy (non-hydrogen) atoms. The first-order valence-electron chi connectivity index (χ1n) is 7.32. The van der Waals surface area contributed by atoms with E-state index >= 15 is 0 Å². The molecule has 0 saturated heterocycles. The minimum Gasteiger partial charge on any atom is -0.489 e. The normalized spacial score (nSPS) is 13.7. The highest BCUT2D eigenvalue weighted by molar-refractivity contribution is 5.26. The van der Waals surface area contributed by atoms with Gasteiger partial charge < -0.3 is 10.1 Å². The highest BCUT2D eigenvalue weighted by Crippen LogP contribution is 2.22. The second kappa shape index (κ2) is 7.23. The molecule has 3 heteroatoms. The molecule has 0 fully saturated rings. The maximum Gasteiger partial charge on any atom is 0.123 e. The fourth-order valence-corrected chi connectivity index (χ4v) is 2.34. The fourth-order valence-electron chi connectivity index (χ4n) is 2.34. The predicted molar refractivity (Wildman–Crippen MR) is 84.1 cm³/mol. The van der Waals surface area contributed by atoms with Crippen molar-refractivity contribution in [1.29, 1.82) is 0 Å². The zero-order chi connectivity index (χ0) is 15.2. The van der Waals surface area contributed by atoms with Gasteiger partial charge in [0.05, 0.1) is 6.04 Å². The minimum atomic E-state index is -0.253. The Hall–Kier alpha value is -1.87. The van der Waals surface area contributed by atoms with Crippen molar-refractivity contribution in [3.8, 4) is 5.75 Å². The van der Waals surface area contributed by atoms with Crippen molar-refractivity contribution in [2.75, 3.05) is 6.54 Å². The summed E-state index contributed by atoms with van der Waals surface area (Å²) < 4.78 is 18.9. The molecule has 0 aromatic heterocycles. The Morgan fingerprint density at radius 3 is 2.24 bits per heavy atom. The number of nitrogens with one attached hydrogen (secondary N) is 1. The van der Waals surface area contributed by atoms with E-state index in [9.17, 15) is 4.39 Å². The van der Waals surface area contributed by atoms with E-state index in [-0.39, 0.29) is 18.0 Å². The van der Waals surface area contributed by atoms with Crippen molar-refractivity contribution in [2.24, 2.45) is 0 Å². The van der Waals surface area contributed by atoms with E-state index in [0.29, 0.717) is 5.75 Å². The zero-order valence-electron chi connectivity index (χ0n) is 12.8. The molecule has 2 nitrogen and oxygen atoms in total. The number of hydrogen-bond acceptors (Lipinski definition) is 2. The third-order valence-electron chi connectivity index (χ3n) is 3.47. The summed E-state index contributed by atoms with van der Waals surface area (Å²) in [6.07, 6.45) is -0.0573. The van der Waals surface area contributed by atoms with Gasteiger partial charge in [-0.15, -0.1) is 0 Å². The second-order valence-corrected chi connectivity index (χ2v) is 5.22. The average Bonchev–Trinajstić information content (AvgIpc) is 2.48. The Balaban J connectivity index is 2.13. The van der Waals surface area contributed by atoms with Gasteiger partial charge in [-0.2, -0.15) is 0 Å². The number of halogens is 1. The van der Waals surface area contributed by atoms with Crippen LogP contribution >= 0.6 is 0 Å². The lowest BCUT2D eigenvalue weighted by molar-refractivity contribution is 0.171. The lowest BCUT2D eigenvalue weighted by atomic mass is 10.0. The van der Waals surface area contributed by atoms with E-state index in [1.54, 1.807) is 12.1 Å². The maximum atomic E-state index is 12.9. The molecule has 0 amide bonds. The van der Waals surface area contributed by atoms with Gasteiger partial charge in [-0.3, -0.25) is 0 Å². The summed E-state index contributed by atoms with van der Waals surface area (Å²) in [5, 5.41) is 3.45. The van der Waals surface area contributed by atoms with E-state index in [2.05, 4.69) is 43.4 Å². The first kappa shape index (κ1) is 15.5. The van der Waals surface area contributed by atoms with Crippen molar-refractivity contribution in [1.82, 2.24) is 5.32 Å². The van der Waals surface area contributed by atoms with Crippen LogP contribution in [0.15, 0.2) is 48.5 Å². The molecule has 0 saturated carbocycles.